The van der Waals surface area contributed by atoms with Gasteiger partial charge in [-0.15, -0.1) is 0 Å². The van der Waals surface area contributed by atoms with Gasteiger partial charge in [-0.25, -0.2) is 8.78 Å². The number of aromatic amines is 2. The molecule has 4 aromatic carbocycles. The SMILES string of the molecule is CS[C@H]1C[C@H]2C(=O)N[C@H](C(N)=O)CSCc3cccc(c3)CSCCC(=O)N[C@@H](CCCCN)C(=O)NCC(=O)C[C@@H](Cc3c[nH]c4ccc(F)cc34)C(=O)N[C@@H](Cc3c[nH]c4ccc(F)cc34)C(=O)N[C@@H](CC(=O)O)C(=O)C[C@@H](CC3=CN=CC3)C(=O)N[C@@H](Cc3ccc(O)cc3)C(=O)N2C1. The van der Waals surface area contributed by atoms with Crippen molar-refractivity contribution in [3.05, 3.63) is 149 Å². The van der Waals surface area contributed by atoms with Gasteiger partial charge in [-0.3, -0.25) is 57.7 Å². The van der Waals surface area contributed by atoms with Crippen molar-refractivity contribution in [2.24, 2.45) is 28.3 Å². The van der Waals surface area contributed by atoms with Gasteiger partial charge in [0, 0.05) is 132 Å². The molecule has 9 atom stereocenters. The number of phenols is 1. The number of aromatic nitrogens is 2. The van der Waals surface area contributed by atoms with E-state index in [1.54, 1.807) is 6.21 Å². The number of benzene rings is 4. The lowest BCUT2D eigenvalue weighted by Gasteiger charge is -2.30. The maximum atomic E-state index is 15.3. The summed E-state index contributed by atoms with van der Waals surface area (Å²) in [4.78, 5) is 169. The highest BCUT2D eigenvalue weighted by atomic mass is 32.2. The van der Waals surface area contributed by atoms with Gasteiger partial charge in [0.15, 0.2) is 11.6 Å². The summed E-state index contributed by atoms with van der Waals surface area (Å²) in [5.41, 5.74) is 16.2. The standard InChI is InChI=1S/C72H84F2N12O13S3/c1-100-52-30-62-71(98)85-61(66(76)93)39-102-38-43-6-4-5-42(21-43)37-101-20-17-64(90)81-57(7-2-3-18-75)69(96)80-35-51(88)25-45(24-46-33-78-55-14-10-48(73)28-53(46)55)68(95)83-59(26-47-34-79-56-15-11-49(74)29-54(47)56)70(97)82-58(31-65(91)92)63(89)27-44(22-41-16-19-77-32-41)67(94)84-60(72(99)86(62)36-52)23-40-8-12-50(87)13-9-40/h4-6,8-15,19,21,28-29,32-34,44-45,52,57-62,78-79,87H,2-3,7,16-18,20,22-27,30-31,35-39,75H2,1H3,(H2,76,93)(H,80,96)(H,81,90)(H,82,97)(H,83,95)(H,84,94)(H,85,98)(H,91,92)/t44-,45-,52+,57+,58+,59+,60+,61+,62+/m1/s1. The lowest BCUT2D eigenvalue weighted by atomic mass is 9.89. The first kappa shape index (κ1) is 76.8. The number of allylic oxidation sites excluding steroid dienone is 1. The summed E-state index contributed by atoms with van der Waals surface area (Å²) in [6, 6.07) is 12.8. The molecular weight excluding hydrogens is 1380 g/mol. The van der Waals surface area contributed by atoms with Gasteiger partial charge in [0.2, 0.25) is 47.3 Å². The van der Waals surface area contributed by atoms with Gasteiger partial charge >= 0.3 is 5.97 Å². The van der Waals surface area contributed by atoms with Crippen LogP contribution in [-0.2, 0) is 83.5 Å². The monoisotopic (exact) mass is 1460 g/mol. The number of carbonyl (C=O) groups excluding carboxylic acids is 10. The number of carbonyl (C=O) groups is 11. The van der Waals surface area contributed by atoms with Gasteiger partial charge < -0.3 is 68.4 Å². The molecule has 2 bridgehead atoms. The van der Waals surface area contributed by atoms with Crippen LogP contribution < -0.4 is 43.4 Å². The average molecular weight is 1460 g/mol. The molecule has 0 saturated carbocycles. The molecule has 3 aliphatic rings. The van der Waals surface area contributed by atoms with Crippen LogP contribution in [-0.4, -0.2) is 175 Å². The third kappa shape index (κ3) is 21.8. The van der Waals surface area contributed by atoms with Crippen molar-refractivity contribution in [1.82, 2.24) is 46.8 Å². The number of aliphatic carboxylic acids is 1. The summed E-state index contributed by atoms with van der Waals surface area (Å²) in [5.74, 6) is -12.2. The third-order valence-electron chi connectivity index (χ3n) is 18.1. The third-order valence-corrected chi connectivity index (χ3v) is 21.3. The zero-order valence-electron chi connectivity index (χ0n) is 56.1. The van der Waals surface area contributed by atoms with Crippen LogP contribution >= 0.6 is 35.3 Å². The Bertz CT molecular complexity index is 4130. The Hall–Kier alpha value is -9.39. The maximum absolute atomic E-state index is 15.3. The molecule has 0 aliphatic carbocycles. The summed E-state index contributed by atoms with van der Waals surface area (Å²) >= 11 is 4.22. The Labute approximate surface area is 599 Å². The Kier molecular flexibility index (Phi) is 27.8. The number of aliphatic imine (C=N–C) groups is 1. The summed E-state index contributed by atoms with van der Waals surface area (Å²) < 4.78 is 29.9. The highest BCUT2D eigenvalue weighted by molar-refractivity contribution is 7.99. The minimum Gasteiger partial charge on any atom is -0.508 e. The molecule has 25 nitrogen and oxygen atoms in total. The second-order valence-electron chi connectivity index (χ2n) is 25.7. The molecule has 6 aromatic rings. The molecule has 30 heteroatoms. The second kappa shape index (κ2) is 37.0. The molecule has 1 fully saturated rings. The number of primary amides is 1. The molecule has 9 rings (SSSR count). The van der Waals surface area contributed by atoms with Crippen LogP contribution in [0.4, 0.5) is 8.78 Å². The number of nitrogens with zero attached hydrogens (tertiary/aromatic N) is 2. The number of unbranched alkanes of at least 4 members (excludes halogenated alkanes) is 1. The molecule has 14 N–H and O–H groups in total. The van der Waals surface area contributed by atoms with Crippen LogP contribution in [0.1, 0.15) is 92.0 Å². The highest BCUT2D eigenvalue weighted by Gasteiger charge is 2.44. The number of ketones is 2. The number of Topliss-reactive ketones (excluding diaryl/α,β-unsaturated/α-hetero) is 2. The van der Waals surface area contributed by atoms with Gasteiger partial charge in [0.1, 0.15) is 47.6 Å². The molecule has 0 unspecified atom stereocenters. The lowest BCUT2D eigenvalue weighted by Crippen LogP contribution is -2.57. The van der Waals surface area contributed by atoms with E-state index in [1.807, 2.05) is 30.5 Å². The Morgan fingerprint density at radius 3 is 1.98 bits per heavy atom. The van der Waals surface area contributed by atoms with Crippen molar-refractivity contribution in [2.45, 2.75) is 136 Å². The summed E-state index contributed by atoms with van der Waals surface area (Å²) in [6.07, 6.45) is 6.06. The number of nitrogens with one attached hydrogen (secondary N) is 8. The molecule has 8 amide bonds. The second-order valence-corrected chi connectivity index (χ2v) is 29.0. The van der Waals surface area contributed by atoms with Crippen molar-refractivity contribution in [1.29, 1.82) is 0 Å². The van der Waals surface area contributed by atoms with Crippen LogP contribution in [0.25, 0.3) is 21.8 Å². The number of carboxylic acids is 1. The molecule has 3 aliphatic heterocycles. The quantitative estimate of drug-likeness (QED) is 0.0561. The van der Waals surface area contributed by atoms with Crippen molar-refractivity contribution in [3.8, 4) is 5.75 Å². The molecular formula is C72H84F2N12O13S3. The highest BCUT2D eigenvalue weighted by Crippen LogP contribution is 2.31. The average Bonchev–Trinajstić information content (AvgIpc) is 1.63. The van der Waals surface area contributed by atoms with Crippen LogP contribution in [0, 0.1) is 23.5 Å². The maximum Gasteiger partial charge on any atom is 0.305 e. The zero-order chi connectivity index (χ0) is 73.0. The number of phenolic OH excluding ortho intramolecular Hbond substituents is 1. The minimum absolute atomic E-state index is 0.0260. The summed E-state index contributed by atoms with van der Waals surface area (Å²) in [7, 11) is 0. The predicted molar refractivity (Wildman–Crippen MR) is 386 cm³/mol. The van der Waals surface area contributed by atoms with E-state index in [1.165, 1.54) is 119 Å². The molecule has 1 saturated heterocycles. The van der Waals surface area contributed by atoms with Crippen LogP contribution in [0.15, 0.2) is 114 Å². The Morgan fingerprint density at radius 1 is 0.696 bits per heavy atom. The number of aromatic hydroxyl groups is 1. The fourth-order valence-electron chi connectivity index (χ4n) is 12.7. The van der Waals surface area contributed by atoms with Crippen molar-refractivity contribution in [3.63, 3.8) is 0 Å². The van der Waals surface area contributed by atoms with E-state index in [4.69, 9.17) is 11.5 Å². The van der Waals surface area contributed by atoms with Crippen molar-refractivity contribution >= 4 is 128 Å². The lowest BCUT2D eigenvalue weighted by molar-refractivity contribution is -0.143. The van der Waals surface area contributed by atoms with E-state index in [-0.39, 0.29) is 73.8 Å². The normalized spacial score (nSPS) is 23.3. The number of carboxylic acid groups (broad SMARTS) is 1. The van der Waals surface area contributed by atoms with Crippen molar-refractivity contribution in [2.75, 3.05) is 37.4 Å². The van der Waals surface area contributed by atoms with E-state index < -0.39 is 157 Å². The van der Waals surface area contributed by atoms with Gasteiger partial charge in [0.05, 0.1) is 19.0 Å². The van der Waals surface area contributed by atoms with E-state index >= 15 is 19.2 Å². The topological polar surface area (TPSA) is 400 Å². The first-order valence-corrected chi connectivity index (χ1v) is 37.2. The molecule has 0 radical (unpaired) electrons. The van der Waals surface area contributed by atoms with Gasteiger partial charge in [-0.05, 0) is 133 Å². The number of H-pyrrole nitrogens is 2. The zero-order valence-corrected chi connectivity index (χ0v) is 58.6. The molecule has 5 heterocycles. The summed E-state index contributed by atoms with van der Waals surface area (Å²) in [5, 5.41) is 37.3. The Balaban J connectivity index is 1.06. The van der Waals surface area contributed by atoms with E-state index in [0.29, 0.717) is 75.2 Å². The van der Waals surface area contributed by atoms with Crippen LogP contribution in [0.2, 0.25) is 0 Å². The van der Waals surface area contributed by atoms with E-state index in [0.717, 1.165) is 11.1 Å². The van der Waals surface area contributed by atoms with Gasteiger partial charge in [-0.2, -0.15) is 35.3 Å². The number of fused-ring (bicyclic) bond motifs is 5. The van der Waals surface area contributed by atoms with Gasteiger partial charge in [-0.1, -0.05) is 36.4 Å². The van der Waals surface area contributed by atoms with Crippen molar-refractivity contribution < 1.29 is 71.7 Å². The number of hydrogen-bond acceptors (Lipinski definition) is 17. The first-order chi connectivity index (χ1) is 49.0. The Morgan fingerprint density at radius 2 is 1.34 bits per heavy atom. The number of hydrogen-bond donors (Lipinski definition) is 12. The van der Waals surface area contributed by atoms with Crippen LogP contribution in [0.3, 0.4) is 0 Å². The van der Waals surface area contributed by atoms with E-state index in [2.05, 4.69) is 46.9 Å². The fourth-order valence-corrected chi connectivity index (χ4v) is 15.3. The number of nitrogens with two attached hydrogens (primary N) is 2. The summed E-state index contributed by atoms with van der Waals surface area (Å²) in [6.45, 7) is -0.272. The number of rotatable bonds is 16. The number of thioether (sulfide) groups is 3. The van der Waals surface area contributed by atoms with Crippen LogP contribution in [0.5, 0.6) is 5.75 Å². The minimum atomic E-state index is -1.90. The van der Waals surface area contributed by atoms with Gasteiger partial charge in [0.25, 0.3) is 0 Å². The smallest absolute Gasteiger partial charge is 0.305 e. The van der Waals surface area contributed by atoms with E-state index in [9.17, 15) is 52.6 Å². The fraction of sp³-hybridized carbons (Fsp3) is 0.417. The largest absolute Gasteiger partial charge is 0.508 e. The molecule has 102 heavy (non-hydrogen) atoms. The first-order valence-electron chi connectivity index (χ1n) is 33.6. The molecule has 542 valence electrons. The molecule has 0 spiro atoms. The number of amides is 8. The molecule has 2 aromatic heterocycles. The predicted octanol–water partition coefficient (Wildman–Crippen LogP) is 5.09. The number of halogens is 2.